The Morgan fingerprint density at radius 1 is 1.53 bits per heavy atom. The van der Waals surface area contributed by atoms with E-state index < -0.39 is 0 Å². The largest absolute Gasteiger partial charge is 0.395 e. The molecule has 0 aliphatic heterocycles. The van der Waals surface area contributed by atoms with E-state index in [1.807, 2.05) is 13.0 Å². The molecule has 7 heteroatoms. The maximum absolute atomic E-state index is 9.23. The van der Waals surface area contributed by atoms with Crippen LogP contribution in [0.25, 0.3) is 0 Å². The van der Waals surface area contributed by atoms with Gasteiger partial charge in [-0.3, -0.25) is 10.2 Å². The van der Waals surface area contributed by atoms with Crippen molar-refractivity contribution in [2.24, 2.45) is 0 Å². The van der Waals surface area contributed by atoms with Crippen LogP contribution in [-0.4, -0.2) is 31.7 Å². The standard InChI is InChI=1S/C10H11ClN2O.C2H6N2O/c1-7-9(13-4-5-14)3-2-8(6-12)10(7)11;1-3-4-2-5/h2-3,13-14H,4-5H2,1H3;2-3H,1H3,(H,4,5). The van der Waals surface area contributed by atoms with Gasteiger partial charge in [0.05, 0.1) is 17.2 Å². The molecule has 4 N–H and O–H groups in total. The summed E-state index contributed by atoms with van der Waals surface area (Å²) in [5, 5.41) is 20.8. The second-order valence-corrected chi connectivity index (χ2v) is 3.75. The topological polar surface area (TPSA) is 97.2 Å². The first-order valence-corrected chi connectivity index (χ1v) is 5.90. The Labute approximate surface area is 117 Å². The van der Waals surface area contributed by atoms with Gasteiger partial charge in [-0.15, -0.1) is 0 Å². The molecule has 0 radical (unpaired) electrons. The number of benzene rings is 1. The van der Waals surface area contributed by atoms with E-state index in [1.165, 1.54) is 0 Å². The van der Waals surface area contributed by atoms with Crippen LogP contribution in [0.5, 0.6) is 0 Å². The number of nitrogens with zero attached hydrogens (tertiary/aromatic N) is 1. The molecule has 1 aromatic rings. The molecule has 0 heterocycles. The van der Waals surface area contributed by atoms with Gasteiger partial charge in [-0.25, -0.2) is 5.43 Å². The maximum atomic E-state index is 9.23. The molecule has 0 aliphatic carbocycles. The van der Waals surface area contributed by atoms with Crippen LogP contribution in [-0.2, 0) is 4.79 Å². The van der Waals surface area contributed by atoms with Gasteiger partial charge in [0.15, 0.2) is 0 Å². The monoisotopic (exact) mass is 284 g/mol. The van der Waals surface area contributed by atoms with Crippen molar-refractivity contribution in [2.75, 3.05) is 25.5 Å². The molecule has 0 fully saturated rings. The molecule has 0 aliphatic rings. The van der Waals surface area contributed by atoms with Crippen LogP contribution < -0.4 is 16.2 Å². The first-order chi connectivity index (χ1) is 9.12. The first kappa shape index (κ1) is 17.2. The number of nitriles is 1. The zero-order chi connectivity index (χ0) is 14.7. The highest BCUT2D eigenvalue weighted by Crippen LogP contribution is 2.26. The van der Waals surface area contributed by atoms with Crippen molar-refractivity contribution in [1.29, 1.82) is 5.26 Å². The fourth-order valence-electron chi connectivity index (χ4n) is 1.21. The van der Waals surface area contributed by atoms with Crippen molar-refractivity contribution in [3.63, 3.8) is 0 Å². The Kier molecular flexibility index (Phi) is 9.18. The summed E-state index contributed by atoms with van der Waals surface area (Å²) < 4.78 is 0. The Bertz CT molecular complexity index is 446. The van der Waals surface area contributed by atoms with Crippen molar-refractivity contribution in [1.82, 2.24) is 10.9 Å². The number of rotatable bonds is 5. The van der Waals surface area contributed by atoms with Gasteiger partial charge in [0.2, 0.25) is 6.41 Å². The van der Waals surface area contributed by atoms with Crippen LogP contribution in [0.15, 0.2) is 12.1 Å². The van der Waals surface area contributed by atoms with Gasteiger partial charge in [0.25, 0.3) is 0 Å². The third-order valence-electron chi connectivity index (χ3n) is 2.14. The Morgan fingerprint density at radius 2 is 2.21 bits per heavy atom. The van der Waals surface area contributed by atoms with E-state index in [-0.39, 0.29) is 6.61 Å². The Morgan fingerprint density at radius 3 is 2.63 bits per heavy atom. The smallest absolute Gasteiger partial charge is 0.221 e. The molecule has 1 amide bonds. The molecule has 0 spiro atoms. The highest BCUT2D eigenvalue weighted by Gasteiger charge is 2.06. The molecular weight excluding hydrogens is 268 g/mol. The number of anilines is 1. The molecule has 0 saturated heterocycles. The van der Waals surface area contributed by atoms with Crippen LogP contribution in [0.3, 0.4) is 0 Å². The highest BCUT2D eigenvalue weighted by atomic mass is 35.5. The van der Waals surface area contributed by atoms with Gasteiger partial charge in [-0.1, -0.05) is 11.6 Å². The summed E-state index contributed by atoms with van der Waals surface area (Å²) in [7, 11) is 1.62. The van der Waals surface area contributed by atoms with Crippen LogP contribution in [0.2, 0.25) is 5.02 Å². The van der Waals surface area contributed by atoms with Gasteiger partial charge >= 0.3 is 0 Å². The number of carbonyl (C=O) groups excluding carboxylic acids is 1. The SMILES string of the molecule is CNNC=O.Cc1c(NCCO)ccc(C#N)c1Cl. The lowest BCUT2D eigenvalue weighted by atomic mass is 10.1. The molecule has 1 aromatic carbocycles. The summed E-state index contributed by atoms with van der Waals surface area (Å²) >= 11 is 5.95. The number of hydrogen-bond acceptors (Lipinski definition) is 5. The number of carbonyl (C=O) groups is 1. The molecule has 0 saturated carbocycles. The minimum Gasteiger partial charge on any atom is -0.395 e. The minimum absolute atomic E-state index is 0.0665. The lowest BCUT2D eigenvalue weighted by Gasteiger charge is -2.10. The summed E-state index contributed by atoms with van der Waals surface area (Å²) in [4.78, 5) is 9.23. The van der Waals surface area contributed by atoms with Crippen molar-refractivity contribution in [3.8, 4) is 6.07 Å². The van der Waals surface area contributed by atoms with Gasteiger partial charge in [-0.05, 0) is 24.6 Å². The van der Waals surface area contributed by atoms with E-state index in [0.717, 1.165) is 11.3 Å². The number of amides is 1. The highest BCUT2D eigenvalue weighted by molar-refractivity contribution is 6.32. The zero-order valence-corrected chi connectivity index (χ0v) is 11.6. The molecule has 104 valence electrons. The predicted octanol–water partition coefficient (Wildman–Crippen LogP) is 0.791. The summed E-state index contributed by atoms with van der Waals surface area (Å²) in [6, 6.07) is 5.46. The molecule has 1 rings (SSSR count). The van der Waals surface area contributed by atoms with Crippen molar-refractivity contribution < 1.29 is 9.90 Å². The summed E-state index contributed by atoms with van der Waals surface area (Å²) in [6.07, 6.45) is 0.569. The number of aliphatic hydroxyl groups excluding tert-OH is 1. The number of hydrazine groups is 1. The summed E-state index contributed by atoms with van der Waals surface area (Å²) in [5.41, 5.74) is 6.73. The molecule has 0 bridgehead atoms. The quantitative estimate of drug-likeness (QED) is 0.473. The molecule has 0 atom stereocenters. The number of aliphatic hydroxyl groups is 1. The fraction of sp³-hybridized carbons (Fsp3) is 0.333. The minimum atomic E-state index is 0.0665. The fourth-order valence-corrected chi connectivity index (χ4v) is 1.42. The zero-order valence-electron chi connectivity index (χ0n) is 10.8. The third-order valence-corrected chi connectivity index (χ3v) is 2.62. The average molecular weight is 285 g/mol. The predicted molar refractivity (Wildman–Crippen MR) is 74.7 cm³/mol. The van der Waals surface area contributed by atoms with Crippen LogP contribution in [0.4, 0.5) is 5.69 Å². The molecule has 0 aromatic heterocycles. The van der Waals surface area contributed by atoms with Crippen molar-refractivity contribution >= 4 is 23.7 Å². The Balaban J connectivity index is 0.000000555. The number of hydrogen-bond donors (Lipinski definition) is 4. The van der Waals surface area contributed by atoms with E-state index in [1.54, 1.807) is 19.2 Å². The van der Waals surface area contributed by atoms with Crippen LogP contribution >= 0.6 is 11.6 Å². The van der Waals surface area contributed by atoms with Gasteiger partial charge < -0.3 is 10.4 Å². The average Bonchev–Trinajstić information content (AvgIpc) is 2.42. The van der Waals surface area contributed by atoms with Gasteiger partial charge in [0.1, 0.15) is 6.07 Å². The van der Waals surface area contributed by atoms with Gasteiger partial charge in [-0.2, -0.15) is 5.26 Å². The van der Waals surface area contributed by atoms with Gasteiger partial charge in [0, 0.05) is 19.3 Å². The molecule has 0 unspecified atom stereocenters. The van der Waals surface area contributed by atoms with Crippen molar-refractivity contribution in [3.05, 3.63) is 28.3 Å². The summed E-state index contributed by atoms with van der Waals surface area (Å²) in [6.45, 7) is 2.38. The maximum Gasteiger partial charge on any atom is 0.221 e. The second kappa shape index (κ2) is 10.1. The van der Waals surface area contributed by atoms with Crippen molar-refractivity contribution in [2.45, 2.75) is 6.92 Å². The van der Waals surface area contributed by atoms with E-state index in [9.17, 15) is 4.79 Å². The Hall–Kier alpha value is -1.81. The molecule has 19 heavy (non-hydrogen) atoms. The van der Waals surface area contributed by atoms with E-state index in [2.05, 4.69) is 16.2 Å². The number of nitrogens with one attached hydrogen (secondary N) is 3. The van der Waals surface area contributed by atoms with E-state index >= 15 is 0 Å². The lowest BCUT2D eigenvalue weighted by molar-refractivity contribution is -0.110. The molecule has 6 nitrogen and oxygen atoms in total. The first-order valence-electron chi connectivity index (χ1n) is 5.52. The third kappa shape index (κ3) is 6.06. The molecular formula is C12H17ClN4O2. The van der Waals surface area contributed by atoms with E-state index in [4.69, 9.17) is 22.0 Å². The normalized spacial score (nSPS) is 8.79. The number of halogens is 1. The summed E-state index contributed by atoms with van der Waals surface area (Å²) in [5.74, 6) is 0. The van der Waals surface area contributed by atoms with Crippen LogP contribution in [0, 0.1) is 18.3 Å². The lowest BCUT2D eigenvalue weighted by Crippen LogP contribution is -2.24. The second-order valence-electron chi connectivity index (χ2n) is 3.37. The van der Waals surface area contributed by atoms with E-state index in [0.29, 0.717) is 23.5 Å². The van der Waals surface area contributed by atoms with Crippen LogP contribution in [0.1, 0.15) is 11.1 Å².